The van der Waals surface area contributed by atoms with Crippen LogP contribution in [-0.4, -0.2) is 59.6 Å². The van der Waals surface area contributed by atoms with Gasteiger partial charge in [-0.2, -0.15) is 4.37 Å². The number of piperidine rings is 1. The molecule has 0 spiro atoms. The summed E-state index contributed by atoms with van der Waals surface area (Å²) in [6.07, 6.45) is 3.42. The number of carbonyl (C=O) groups is 1. The molecule has 1 saturated heterocycles. The van der Waals surface area contributed by atoms with Crippen molar-refractivity contribution in [3.05, 3.63) is 11.6 Å². The maximum atomic E-state index is 12.8. The largest absolute Gasteiger partial charge is 0.325 e. The predicted molar refractivity (Wildman–Crippen MR) is 89.6 cm³/mol. The van der Waals surface area contributed by atoms with Crippen LogP contribution in [0.1, 0.15) is 43.9 Å². The zero-order valence-corrected chi connectivity index (χ0v) is 14.8. The van der Waals surface area contributed by atoms with E-state index in [1.54, 1.807) is 0 Å². The third kappa shape index (κ3) is 2.56. The number of fused-ring (bicyclic) bond motifs is 1. The van der Waals surface area contributed by atoms with E-state index >= 15 is 0 Å². The molecule has 2 aromatic rings. The molecule has 128 valence electrons. The van der Waals surface area contributed by atoms with Crippen molar-refractivity contribution in [1.29, 1.82) is 0 Å². The average Bonchev–Trinajstić information content (AvgIpc) is 3.22. The van der Waals surface area contributed by atoms with Gasteiger partial charge in [0.15, 0.2) is 16.7 Å². The van der Waals surface area contributed by atoms with E-state index in [0.29, 0.717) is 13.1 Å². The highest BCUT2D eigenvalue weighted by atomic mass is 32.1. The molecule has 0 radical (unpaired) electrons. The smallest absolute Gasteiger partial charge is 0.320 e. The third-order valence-electron chi connectivity index (χ3n) is 4.78. The molecular formula is C15H21N7OS. The molecule has 4 rings (SSSR count). The van der Waals surface area contributed by atoms with Crippen molar-refractivity contribution in [3.8, 4) is 10.8 Å². The van der Waals surface area contributed by atoms with E-state index in [9.17, 15) is 4.79 Å². The second kappa shape index (κ2) is 6.12. The van der Waals surface area contributed by atoms with Crippen LogP contribution in [0, 0.1) is 6.92 Å². The highest BCUT2D eigenvalue weighted by Gasteiger charge is 2.34. The summed E-state index contributed by atoms with van der Waals surface area (Å²) >= 11 is 1.34. The number of urea groups is 1. The van der Waals surface area contributed by atoms with Gasteiger partial charge in [0.05, 0.1) is 6.04 Å². The molecule has 0 unspecified atom stereocenters. The van der Waals surface area contributed by atoms with E-state index in [4.69, 9.17) is 0 Å². The van der Waals surface area contributed by atoms with Crippen molar-refractivity contribution >= 4 is 17.6 Å². The monoisotopic (exact) mass is 347 g/mol. The number of hydrogen-bond acceptors (Lipinski definition) is 6. The van der Waals surface area contributed by atoms with Crippen LogP contribution in [0.5, 0.6) is 0 Å². The predicted octanol–water partition coefficient (Wildman–Crippen LogP) is 2.09. The van der Waals surface area contributed by atoms with E-state index in [0.717, 1.165) is 48.4 Å². The summed E-state index contributed by atoms with van der Waals surface area (Å²) in [5, 5.41) is 9.43. The molecular weight excluding hydrogens is 326 g/mol. The molecule has 0 saturated carbocycles. The molecule has 1 atom stereocenters. The first kappa shape index (κ1) is 15.5. The lowest BCUT2D eigenvalue weighted by Crippen LogP contribution is -2.49. The first-order valence-electron chi connectivity index (χ1n) is 8.44. The topological polar surface area (TPSA) is 80.0 Å². The third-order valence-corrected chi connectivity index (χ3v) is 5.58. The highest BCUT2D eigenvalue weighted by molar-refractivity contribution is 7.09. The summed E-state index contributed by atoms with van der Waals surface area (Å²) in [5.41, 5.74) is 0. The second-order valence-corrected chi connectivity index (χ2v) is 7.13. The second-order valence-electron chi connectivity index (χ2n) is 6.38. The molecule has 0 bridgehead atoms. The summed E-state index contributed by atoms with van der Waals surface area (Å²) in [4.78, 5) is 21.1. The Morgan fingerprint density at radius 2 is 1.92 bits per heavy atom. The van der Waals surface area contributed by atoms with Gasteiger partial charge < -0.3 is 14.4 Å². The van der Waals surface area contributed by atoms with E-state index in [-0.39, 0.29) is 12.1 Å². The number of aryl methyl sites for hydroxylation is 1. The normalized spacial score (nSPS) is 21.0. The van der Waals surface area contributed by atoms with Crippen molar-refractivity contribution < 1.29 is 4.79 Å². The summed E-state index contributed by atoms with van der Waals surface area (Å²) in [6.45, 7) is 6.99. The fourth-order valence-corrected chi connectivity index (χ4v) is 4.12. The molecule has 0 aromatic carbocycles. The van der Waals surface area contributed by atoms with E-state index in [2.05, 4.69) is 24.1 Å². The van der Waals surface area contributed by atoms with Crippen LogP contribution in [-0.2, 0) is 6.54 Å². The Balaban J connectivity index is 1.58. The van der Waals surface area contributed by atoms with Crippen LogP contribution < -0.4 is 0 Å². The minimum atomic E-state index is -0.0801. The van der Waals surface area contributed by atoms with Gasteiger partial charge in [-0.3, -0.25) is 0 Å². The standard InChI is InChI=1S/C15H21N7OS/c1-10-12-17-18-13(14-16-11(2)19-24-14)22(12)9-8-21(10)15(23)20-6-4-3-5-7-20/h10H,3-9H2,1-2H3/t10-/m1/s1. The number of amides is 2. The van der Waals surface area contributed by atoms with Gasteiger partial charge in [-0.25, -0.2) is 9.78 Å². The van der Waals surface area contributed by atoms with E-state index in [1.165, 1.54) is 18.0 Å². The summed E-state index contributed by atoms with van der Waals surface area (Å²) in [5.74, 6) is 2.33. The SMILES string of the molecule is Cc1nsc(-c2nnc3n2CCN(C(=O)N2CCCCC2)[C@@H]3C)n1. The number of rotatable bonds is 1. The quantitative estimate of drug-likeness (QED) is 0.789. The fraction of sp³-hybridized carbons (Fsp3) is 0.667. The molecule has 4 heterocycles. The van der Waals surface area contributed by atoms with Gasteiger partial charge in [-0.05, 0) is 44.6 Å². The molecule has 0 aliphatic carbocycles. The van der Waals surface area contributed by atoms with Gasteiger partial charge in [-0.15, -0.1) is 10.2 Å². The Hall–Kier alpha value is -2.03. The van der Waals surface area contributed by atoms with E-state index < -0.39 is 0 Å². The van der Waals surface area contributed by atoms with Gasteiger partial charge in [0.25, 0.3) is 0 Å². The first-order chi connectivity index (χ1) is 11.6. The minimum Gasteiger partial charge on any atom is -0.325 e. The summed E-state index contributed by atoms with van der Waals surface area (Å²) < 4.78 is 6.30. The van der Waals surface area contributed by atoms with Gasteiger partial charge >= 0.3 is 6.03 Å². The van der Waals surface area contributed by atoms with Crippen molar-refractivity contribution in [2.75, 3.05) is 19.6 Å². The first-order valence-corrected chi connectivity index (χ1v) is 9.22. The van der Waals surface area contributed by atoms with Crippen molar-refractivity contribution in [3.63, 3.8) is 0 Å². The molecule has 8 nitrogen and oxygen atoms in total. The van der Waals surface area contributed by atoms with Crippen molar-refractivity contribution in [2.24, 2.45) is 0 Å². The highest BCUT2D eigenvalue weighted by Crippen LogP contribution is 2.30. The minimum absolute atomic E-state index is 0.0801. The molecule has 0 N–H and O–H groups in total. The van der Waals surface area contributed by atoms with Gasteiger partial charge in [0.1, 0.15) is 5.82 Å². The number of nitrogens with zero attached hydrogens (tertiary/aromatic N) is 7. The van der Waals surface area contributed by atoms with Crippen LogP contribution in [0.4, 0.5) is 4.79 Å². The lowest BCUT2D eigenvalue weighted by Gasteiger charge is -2.38. The molecule has 1 fully saturated rings. The van der Waals surface area contributed by atoms with Gasteiger partial charge in [-0.1, -0.05) is 0 Å². The van der Waals surface area contributed by atoms with Crippen LogP contribution in [0.3, 0.4) is 0 Å². The average molecular weight is 347 g/mol. The Morgan fingerprint density at radius 3 is 2.62 bits per heavy atom. The molecule has 2 aromatic heterocycles. The molecule has 9 heteroatoms. The molecule has 2 aliphatic rings. The maximum Gasteiger partial charge on any atom is 0.320 e. The van der Waals surface area contributed by atoms with E-state index in [1.807, 2.05) is 23.6 Å². The lowest BCUT2D eigenvalue weighted by molar-refractivity contribution is 0.115. The Kier molecular flexibility index (Phi) is 3.95. The van der Waals surface area contributed by atoms with Crippen molar-refractivity contribution in [2.45, 2.75) is 45.7 Å². The molecule has 24 heavy (non-hydrogen) atoms. The lowest BCUT2D eigenvalue weighted by atomic mass is 10.1. The van der Waals surface area contributed by atoms with Gasteiger partial charge in [0.2, 0.25) is 0 Å². The number of hydrogen-bond donors (Lipinski definition) is 0. The zero-order valence-electron chi connectivity index (χ0n) is 14.0. The Morgan fingerprint density at radius 1 is 1.12 bits per heavy atom. The molecule has 2 amide bonds. The summed E-state index contributed by atoms with van der Waals surface area (Å²) in [7, 11) is 0. The Bertz CT molecular complexity index is 749. The fourth-order valence-electron chi connectivity index (χ4n) is 3.46. The van der Waals surface area contributed by atoms with Crippen LogP contribution >= 0.6 is 11.5 Å². The van der Waals surface area contributed by atoms with Crippen LogP contribution in [0.15, 0.2) is 0 Å². The van der Waals surface area contributed by atoms with Crippen LogP contribution in [0.25, 0.3) is 10.8 Å². The number of aromatic nitrogens is 5. The van der Waals surface area contributed by atoms with Gasteiger partial charge in [0, 0.05) is 26.2 Å². The number of carbonyl (C=O) groups excluding carboxylic acids is 1. The maximum absolute atomic E-state index is 12.8. The van der Waals surface area contributed by atoms with Crippen LogP contribution in [0.2, 0.25) is 0 Å². The van der Waals surface area contributed by atoms with Crippen molar-refractivity contribution in [1.82, 2.24) is 33.9 Å². The summed E-state index contributed by atoms with van der Waals surface area (Å²) in [6, 6.07) is 0.0493. The zero-order chi connectivity index (χ0) is 16.7. The number of likely N-dealkylation sites (tertiary alicyclic amines) is 1. The Labute approximate surface area is 144 Å². The molecule has 2 aliphatic heterocycles.